The van der Waals surface area contributed by atoms with E-state index >= 15 is 0 Å². The molecule has 2 fully saturated rings. The zero-order valence-corrected chi connectivity index (χ0v) is 15.7. The summed E-state index contributed by atoms with van der Waals surface area (Å²) in [6.07, 6.45) is 8.64. The molecule has 0 aromatic carbocycles. The number of nitrogens with one attached hydrogen (secondary N) is 3. The topological polar surface area (TPSA) is 83.1 Å². The van der Waals surface area contributed by atoms with E-state index in [1.54, 1.807) is 11.3 Å². The third-order valence-electron chi connectivity index (χ3n) is 5.12. The standard InChI is InChI=1S/C18H28N4O2S/c1-12(21-17(24)14-4-2-3-5-14)10-16(23)22-18-20-11-15(25-18)13-6-8-19-9-7-13/h11-14,19H,2-10H2,1H3,(H,21,24)(H,20,22,23). The molecule has 0 radical (unpaired) electrons. The van der Waals surface area contributed by atoms with Crippen molar-refractivity contribution in [2.24, 2.45) is 5.92 Å². The molecule has 1 aliphatic carbocycles. The Balaban J connectivity index is 1.43. The van der Waals surface area contributed by atoms with Gasteiger partial charge in [-0.2, -0.15) is 0 Å². The van der Waals surface area contributed by atoms with E-state index in [2.05, 4.69) is 20.9 Å². The summed E-state index contributed by atoms with van der Waals surface area (Å²) in [5.74, 6) is 0.691. The number of hydrogen-bond donors (Lipinski definition) is 3. The van der Waals surface area contributed by atoms with Crippen molar-refractivity contribution in [3.8, 4) is 0 Å². The van der Waals surface area contributed by atoms with Crippen molar-refractivity contribution < 1.29 is 9.59 Å². The van der Waals surface area contributed by atoms with Crippen LogP contribution in [0.2, 0.25) is 0 Å². The van der Waals surface area contributed by atoms with Gasteiger partial charge in [0.15, 0.2) is 5.13 Å². The number of piperidine rings is 1. The largest absolute Gasteiger partial charge is 0.353 e. The van der Waals surface area contributed by atoms with Crippen LogP contribution in [-0.2, 0) is 9.59 Å². The van der Waals surface area contributed by atoms with Crippen LogP contribution in [0.5, 0.6) is 0 Å². The van der Waals surface area contributed by atoms with E-state index in [0.717, 1.165) is 51.6 Å². The van der Waals surface area contributed by atoms with Gasteiger partial charge in [-0.3, -0.25) is 9.59 Å². The summed E-state index contributed by atoms with van der Waals surface area (Å²) in [6, 6.07) is -0.156. The molecule has 2 amide bonds. The average molecular weight is 365 g/mol. The first kappa shape index (κ1) is 18.3. The molecule has 3 rings (SSSR count). The number of aromatic nitrogens is 1. The van der Waals surface area contributed by atoms with Gasteiger partial charge in [0.2, 0.25) is 11.8 Å². The molecule has 2 heterocycles. The Morgan fingerprint density at radius 3 is 2.72 bits per heavy atom. The van der Waals surface area contributed by atoms with E-state index in [1.807, 2.05) is 13.1 Å². The lowest BCUT2D eigenvalue weighted by Gasteiger charge is -2.20. The second-order valence-corrected chi connectivity index (χ2v) is 8.30. The maximum atomic E-state index is 12.2. The Morgan fingerprint density at radius 2 is 2.00 bits per heavy atom. The van der Waals surface area contributed by atoms with E-state index in [1.165, 1.54) is 4.88 Å². The molecule has 138 valence electrons. The Hall–Kier alpha value is -1.47. The van der Waals surface area contributed by atoms with Gasteiger partial charge < -0.3 is 16.0 Å². The zero-order valence-electron chi connectivity index (χ0n) is 14.8. The van der Waals surface area contributed by atoms with Crippen LogP contribution in [0, 0.1) is 5.92 Å². The molecule has 0 bridgehead atoms. The minimum Gasteiger partial charge on any atom is -0.353 e. The minimum absolute atomic E-state index is 0.0922. The Kier molecular flexibility index (Phi) is 6.42. The molecule has 2 aliphatic rings. The molecular formula is C18H28N4O2S. The van der Waals surface area contributed by atoms with Crippen LogP contribution in [0.1, 0.15) is 62.7 Å². The number of amides is 2. The molecule has 1 atom stereocenters. The van der Waals surface area contributed by atoms with Crippen LogP contribution in [0.15, 0.2) is 6.20 Å². The fraction of sp³-hybridized carbons (Fsp3) is 0.722. The number of carbonyl (C=O) groups is 2. The zero-order chi connectivity index (χ0) is 17.6. The fourth-order valence-electron chi connectivity index (χ4n) is 3.69. The quantitative estimate of drug-likeness (QED) is 0.725. The lowest BCUT2D eigenvalue weighted by molar-refractivity contribution is -0.125. The van der Waals surface area contributed by atoms with E-state index in [0.29, 0.717) is 11.0 Å². The van der Waals surface area contributed by atoms with Crippen LogP contribution in [-0.4, -0.2) is 35.9 Å². The summed E-state index contributed by atoms with van der Waals surface area (Å²) in [4.78, 5) is 29.9. The summed E-state index contributed by atoms with van der Waals surface area (Å²) in [6.45, 7) is 3.97. The number of rotatable bonds is 6. The van der Waals surface area contributed by atoms with Crippen molar-refractivity contribution in [2.75, 3.05) is 18.4 Å². The van der Waals surface area contributed by atoms with Crippen molar-refractivity contribution in [2.45, 2.75) is 63.8 Å². The van der Waals surface area contributed by atoms with Crippen molar-refractivity contribution in [3.05, 3.63) is 11.1 Å². The van der Waals surface area contributed by atoms with Crippen LogP contribution < -0.4 is 16.0 Å². The van der Waals surface area contributed by atoms with E-state index in [4.69, 9.17) is 0 Å². The highest BCUT2D eigenvalue weighted by Crippen LogP contribution is 2.31. The van der Waals surface area contributed by atoms with Gasteiger partial charge in [-0.05, 0) is 51.6 Å². The van der Waals surface area contributed by atoms with E-state index < -0.39 is 0 Å². The summed E-state index contributed by atoms with van der Waals surface area (Å²) in [5.41, 5.74) is 0. The maximum Gasteiger partial charge on any atom is 0.228 e. The van der Waals surface area contributed by atoms with E-state index in [9.17, 15) is 9.59 Å². The summed E-state index contributed by atoms with van der Waals surface area (Å²) in [7, 11) is 0. The molecular weight excluding hydrogens is 336 g/mol. The number of nitrogens with zero attached hydrogens (tertiary/aromatic N) is 1. The normalized spacial score (nSPS) is 20.4. The Morgan fingerprint density at radius 1 is 1.28 bits per heavy atom. The molecule has 1 aromatic heterocycles. The molecule has 25 heavy (non-hydrogen) atoms. The smallest absolute Gasteiger partial charge is 0.228 e. The molecule has 1 unspecified atom stereocenters. The van der Waals surface area contributed by atoms with E-state index in [-0.39, 0.29) is 30.2 Å². The van der Waals surface area contributed by atoms with Gasteiger partial charge in [0.25, 0.3) is 0 Å². The molecule has 1 aliphatic heterocycles. The number of carbonyl (C=O) groups excluding carboxylic acids is 2. The predicted molar refractivity (Wildman–Crippen MR) is 99.8 cm³/mol. The van der Waals surface area contributed by atoms with Gasteiger partial charge in [0.05, 0.1) is 0 Å². The van der Waals surface area contributed by atoms with Crippen molar-refractivity contribution in [1.82, 2.24) is 15.6 Å². The highest BCUT2D eigenvalue weighted by molar-refractivity contribution is 7.15. The highest BCUT2D eigenvalue weighted by Gasteiger charge is 2.24. The van der Waals surface area contributed by atoms with Crippen LogP contribution in [0.25, 0.3) is 0 Å². The molecule has 3 N–H and O–H groups in total. The van der Waals surface area contributed by atoms with Crippen molar-refractivity contribution in [3.63, 3.8) is 0 Å². The van der Waals surface area contributed by atoms with Gasteiger partial charge in [-0.1, -0.05) is 12.8 Å². The summed E-state index contributed by atoms with van der Waals surface area (Å²) in [5, 5.41) is 9.87. The second kappa shape index (κ2) is 8.76. The molecule has 1 aromatic rings. The number of hydrogen-bond acceptors (Lipinski definition) is 5. The first-order valence-corrected chi connectivity index (χ1v) is 10.2. The summed E-state index contributed by atoms with van der Waals surface area (Å²) < 4.78 is 0. The molecule has 6 nitrogen and oxygen atoms in total. The number of thiazole rings is 1. The lowest BCUT2D eigenvalue weighted by atomic mass is 9.97. The van der Waals surface area contributed by atoms with Gasteiger partial charge >= 0.3 is 0 Å². The predicted octanol–water partition coefficient (Wildman–Crippen LogP) is 2.63. The average Bonchev–Trinajstić information content (AvgIpc) is 3.27. The van der Waals surface area contributed by atoms with Crippen LogP contribution >= 0.6 is 11.3 Å². The molecule has 0 spiro atoms. The van der Waals surface area contributed by atoms with Crippen molar-refractivity contribution in [1.29, 1.82) is 0 Å². The molecule has 1 saturated carbocycles. The summed E-state index contributed by atoms with van der Waals surface area (Å²) >= 11 is 1.57. The van der Waals surface area contributed by atoms with Crippen molar-refractivity contribution >= 4 is 28.3 Å². The Bertz CT molecular complexity index is 592. The monoisotopic (exact) mass is 364 g/mol. The SMILES string of the molecule is CC(CC(=O)Nc1ncc(C2CCNCC2)s1)NC(=O)C1CCCC1. The minimum atomic E-state index is -0.156. The second-order valence-electron chi connectivity index (χ2n) is 7.24. The number of anilines is 1. The van der Waals surface area contributed by atoms with Crippen LogP contribution in [0.4, 0.5) is 5.13 Å². The van der Waals surface area contributed by atoms with Gasteiger partial charge in [-0.25, -0.2) is 4.98 Å². The first-order chi connectivity index (χ1) is 12.1. The van der Waals surface area contributed by atoms with Gasteiger partial charge in [0, 0.05) is 29.5 Å². The van der Waals surface area contributed by atoms with Gasteiger partial charge in [0.1, 0.15) is 0 Å². The fourth-order valence-corrected chi connectivity index (χ4v) is 4.69. The highest BCUT2D eigenvalue weighted by atomic mass is 32.1. The maximum absolute atomic E-state index is 12.2. The third-order valence-corrected chi connectivity index (χ3v) is 6.19. The third kappa shape index (κ3) is 5.25. The molecule has 7 heteroatoms. The first-order valence-electron chi connectivity index (χ1n) is 9.38. The molecule has 1 saturated heterocycles. The Labute approximate surface area is 153 Å². The lowest BCUT2D eigenvalue weighted by Crippen LogP contribution is -2.38. The van der Waals surface area contributed by atoms with Crippen LogP contribution in [0.3, 0.4) is 0 Å². The van der Waals surface area contributed by atoms with Gasteiger partial charge in [-0.15, -0.1) is 11.3 Å².